The van der Waals surface area contributed by atoms with Crippen molar-refractivity contribution in [3.63, 3.8) is 0 Å². The molecule has 122 valence electrons. The van der Waals surface area contributed by atoms with Crippen LogP contribution < -0.4 is 18.9 Å². The molecule has 3 rings (SSSR count). The number of rotatable bonds is 1. The van der Waals surface area contributed by atoms with Crippen molar-refractivity contribution in [2.75, 3.05) is 18.8 Å². The fourth-order valence-electron chi connectivity index (χ4n) is 0.812. The Morgan fingerprint density at radius 3 is 1.87 bits per heavy atom. The third-order valence-electron chi connectivity index (χ3n) is 1.60. The van der Waals surface area contributed by atoms with Gasteiger partial charge in [-0.1, -0.05) is 11.2 Å². The van der Waals surface area contributed by atoms with Crippen LogP contribution in [0.1, 0.15) is 0 Å². The second-order valence-electron chi connectivity index (χ2n) is 3.57. The van der Waals surface area contributed by atoms with E-state index in [0.717, 1.165) is 0 Å². The first-order chi connectivity index (χ1) is 10.6. The van der Waals surface area contributed by atoms with Crippen LogP contribution >= 0.6 is 61.7 Å². The summed E-state index contributed by atoms with van der Waals surface area (Å²) >= 11 is 14.8. The molecule has 0 bridgehead atoms. The molecule has 0 radical (unpaired) electrons. The molecular weight excluding hydrogens is 459 g/mol. The molecule has 0 aliphatic carbocycles. The number of hydrogen-bond acceptors (Lipinski definition) is 5. The Labute approximate surface area is 184 Å². The van der Waals surface area contributed by atoms with Gasteiger partial charge in [-0.3, -0.25) is 11.3 Å². The molecule has 0 unspecified atom stereocenters. The van der Waals surface area contributed by atoms with Crippen LogP contribution in [0.25, 0.3) is 0 Å². The SMILES string of the molecule is Brc1ccsc1.CS(C)=S.CSc1ccsc1.[Li+].[c-]1ccsc1. The smallest absolute Gasteiger partial charge is 0.273 e. The van der Waals surface area contributed by atoms with E-state index in [0.29, 0.717) is 0 Å². The summed E-state index contributed by atoms with van der Waals surface area (Å²) in [6.45, 7) is 0. The zero-order chi connectivity index (χ0) is 16.6. The molecule has 23 heavy (non-hydrogen) atoms. The summed E-state index contributed by atoms with van der Waals surface area (Å²) in [6, 6.07) is 8.91. The van der Waals surface area contributed by atoms with Crippen LogP contribution in [0.4, 0.5) is 0 Å². The molecule has 0 spiro atoms. The Hall–Kier alpha value is 1.10. The van der Waals surface area contributed by atoms with Gasteiger partial charge in [-0.05, 0) is 57.6 Å². The van der Waals surface area contributed by atoms with E-state index in [1.54, 1.807) is 45.8 Å². The Kier molecular flexibility index (Phi) is 22.2. The molecule has 0 N–H and O–H groups in total. The first-order valence-electron chi connectivity index (χ1n) is 5.93. The van der Waals surface area contributed by atoms with Crippen LogP contribution in [0, 0.1) is 6.07 Å². The van der Waals surface area contributed by atoms with Gasteiger partial charge in [0.1, 0.15) is 0 Å². The van der Waals surface area contributed by atoms with Crippen LogP contribution in [0.15, 0.2) is 59.8 Å². The van der Waals surface area contributed by atoms with Crippen molar-refractivity contribution in [1.29, 1.82) is 0 Å². The largest absolute Gasteiger partial charge is 1.00 e. The summed E-state index contributed by atoms with van der Waals surface area (Å²) in [6.07, 6.45) is 6.10. The minimum absolute atomic E-state index is 0. The minimum Gasteiger partial charge on any atom is -0.273 e. The van der Waals surface area contributed by atoms with Crippen molar-refractivity contribution in [3.8, 4) is 0 Å². The van der Waals surface area contributed by atoms with E-state index >= 15 is 0 Å². The van der Waals surface area contributed by atoms with Gasteiger partial charge in [0.2, 0.25) is 0 Å². The number of halogens is 1. The van der Waals surface area contributed by atoms with Gasteiger partial charge in [0.05, 0.1) is 0 Å². The number of thioether (sulfide) groups is 1. The van der Waals surface area contributed by atoms with E-state index in [2.05, 4.69) is 56.3 Å². The van der Waals surface area contributed by atoms with E-state index in [-0.39, 0.29) is 28.3 Å². The molecule has 0 aromatic carbocycles. The predicted octanol–water partition coefficient (Wildman–Crippen LogP) is 3.86. The van der Waals surface area contributed by atoms with Gasteiger partial charge < -0.3 is 0 Å². The zero-order valence-corrected chi connectivity index (χ0v) is 20.0. The topological polar surface area (TPSA) is 0 Å². The molecule has 0 nitrogen and oxygen atoms in total. The molecular formula is C15H18BrLiS6. The molecule has 3 aromatic rings. The maximum atomic E-state index is 4.65. The molecule has 0 fully saturated rings. The molecule has 0 aliphatic rings. The first-order valence-corrected chi connectivity index (χ1v) is 13.7. The quantitative estimate of drug-likeness (QED) is 0.297. The Morgan fingerprint density at radius 2 is 1.70 bits per heavy atom. The van der Waals surface area contributed by atoms with Gasteiger partial charge >= 0.3 is 18.9 Å². The maximum Gasteiger partial charge on any atom is 1.00 e. The second kappa shape index (κ2) is 19.4. The van der Waals surface area contributed by atoms with E-state index in [1.807, 2.05) is 46.2 Å². The van der Waals surface area contributed by atoms with Gasteiger partial charge in [-0.25, -0.2) is 12.1 Å². The molecule has 3 heterocycles. The molecule has 0 atom stereocenters. The van der Waals surface area contributed by atoms with Crippen molar-refractivity contribution < 1.29 is 18.9 Å². The van der Waals surface area contributed by atoms with Gasteiger partial charge in [0.25, 0.3) is 0 Å². The molecule has 0 saturated heterocycles. The van der Waals surface area contributed by atoms with Crippen molar-refractivity contribution >= 4 is 82.3 Å². The van der Waals surface area contributed by atoms with Crippen molar-refractivity contribution in [3.05, 3.63) is 61.0 Å². The van der Waals surface area contributed by atoms with Gasteiger partial charge in [-0.2, -0.15) is 28.1 Å². The monoisotopic (exact) mass is 476 g/mol. The second-order valence-corrected chi connectivity index (χ2v) is 11.2. The Bertz CT molecular complexity index is 528. The van der Waals surface area contributed by atoms with Crippen LogP contribution in [0.5, 0.6) is 0 Å². The van der Waals surface area contributed by atoms with Gasteiger partial charge in [0, 0.05) is 20.1 Å². The summed E-state index contributed by atoms with van der Waals surface area (Å²) in [5.41, 5.74) is 0. The number of thiophene rings is 3. The molecule has 0 amide bonds. The molecule has 3 aromatic heterocycles. The third kappa shape index (κ3) is 21.1. The van der Waals surface area contributed by atoms with Crippen molar-refractivity contribution in [1.82, 2.24) is 0 Å². The van der Waals surface area contributed by atoms with Crippen LogP contribution in [0.3, 0.4) is 0 Å². The predicted molar refractivity (Wildman–Crippen MR) is 118 cm³/mol. The summed E-state index contributed by atoms with van der Waals surface area (Å²) in [5, 5.41) is 12.2. The first kappa shape index (κ1) is 26.3. The van der Waals surface area contributed by atoms with E-state index in [1.165, 1.54) is 9.37 Å². The molecule has 8 heteroatoms. The average Bonchev–Trinajstić information content (AvgIpc) is 3.24. The summed E-state index contributed by atoms with van der Waals surface area (Å²) in [5.74, 6) is 0. The number of hydrogen-bond donors (Lipinski definition) is 0. The minimum atomic E-state index is 0. The van der Waals surface area contributed by atoms with E-state index in [9.17, 15) is 0 Å². The van der Waals surface area contributed by atoms with Crippen molar-refractivity contribution in [2.45, 2.75) is 4.90 Å². The van der Waals surface area contributed by atoms with Crippen LogP contribution in [-0.4, -0.2) is 18.8 Å². The molecule has 0 aliphatic heterocycles. The average molecular weight is 478 g/mol. The van der Waals surface area contributed by atoms with Crippen LogP contribution in [-0.2, 0) is 20.6 Å². The Balaban J connectivity index is 0. The normalized spacial score (nSPS) is 8.39. The maximum absolute atomic E-state index is 4.65. The Morgan fingerprint density at radius 1 is 1.09 bits per heavy atom. The summed E-state index contributed by atoms with van der Waals surface area (Å²) in [7, 11) is 0.222. The van der Waals surface area contributed by atoms with Gasteiger partial charge in [0.15, 0.2) is 0 Å². The van der Waals surface area contributed by atoms with E-state index < -0.39 is 0 Å². The fourth-order valence-corrected chi connectivity index (χ4v) is 3.71. The van der Waals surface area contributed by atoms with E-state index in [4.69, 9.17) is 0 Å². The fraction of sp³-hybridized carbons (Fsp3) is 0.200. The van der Waals surface area contributed by atoms with Crippen LogP contribution in [0.2, 0.25) is 0 Å². The molecule has 0 saturated carbocycles. The standard InChI is InChI=1S/C5H6S2.C4H3BrS.C4H3S.C2H6S2.Li/c1-6-5-2-3-7-4-5;5-4-1-2-6-3-4;1-2-4-5-3-1;1-4(2)3;/h2-4H,1H3;1-3H;1,3-4H;1-2H3;/q;;-1;;+1. The van der Waals surface area contributed by atoms with Crippen molar-refractivity contribution in [2.24, 2.45) is 0 Å². The zero-order valence-electron chi connectivity index (χ0n) is 13.5. The third-order valence-corrected chi connectivity index (χ3v) is 5.20. The van der Waals surface area contributed by atoms with Gasteiger partial charge in [-0.15, -0.1) is 26.6 Å². The summed E-state index contributed by atoms with van der Waals surface area (Å²) < 4.78 is 1.17. The summed E-state index contributed by atoms with van der Waals surface area (Å²) in [4.78, 5) is 1.37.